The van der Waals surface area contributed by atoms with Gasteiger partial charge < -0.3 is 30.8 Å². The van der Waals surface area contributed by atoms with E-state index in [-0.39, 0.29) is 12.5 Å². The summed E-state index contributed by atoms with van der Waals surface area (Å²) in [6.07, 6.45) is -0.771. The Morgan fingerprint density at radius 2 is 1.52 bits per heavy atom. The second-order valence-corrected chi connectivity index (χ2v) is 5.27. The normalized spacial score (nSPS) is 17.0. The van der Waals surface area contributed by atoms with Crippen molar-refractivity contribution in [3.05, 3.63) is 0 Å². The van der Waals surface area contributed by atoms with Gasteiger partial charge in [0.25, 0.3) is 0 Å². The molecule has 0 aliphatic rings. The minimum atomic E-state index is -1.67. The standard InChI is InChI=1S/C14H29NO6/c1-2-3-4-5-6-7-12(19)15-8-10(17)13(20)14(21)11(18)9-16/h10-11,13-14,16-18,20-21H,2-9H2,1H3,(H,15,19). The second-order valence-electron chi connectivity index (χ2n) is 5.27. The number of hydrogen-bond acceptors (Lipinski definition) is 6. The van der Waals surface area contributed by atoms with Crippen LogP contribution in [0, 0.1) is 0 Å². The van der Waals surface area contributed by atoms with E-state index in [0.29, 0.717) is 6.42 Å². The van der Waals surface area contributed by atoms with Gasteiger partial charge in [-0.1, -0.05) is 32.6 Å². The molecule has 6 N–H and O–H groups in total. The number of aliphatic hydroxyl groups is 5. The summed E-state index contributed by atoms with van der Waals surface area (Å²) in [7, 11) is 0. The van der Waals surface area contributed by atoms with Gasteiger partial charge in [-0.25, -0.2) is 0 Å². The number of carbonyl (C=O) groups excluding carboxylic acids is 1. The predicted molar refractivity (Wildman–Crippen MR) is 77.5 cm³/mol. The zero-order chi connectivity index (χ0) is 16.3. The first-order valence-electron chi connectivity index (χ1n) is 7.53. The molecule has 4 atom stereocenters. The maximum Gasteiger partial charge on any atom is 0.220 e. The number of amides is 1. The molecule has 0 aliphatic carbocycles. The quantitative estimate of drug-likeness (QED) is 0.254. The second kappa shape index (κ2) is 11.9. The monoisotopic (exact) mass is 307 g/mol. The van der Waals surface area contributed by atoms with Crippen LogP contribution in [0.4, 0.5) is 0 Å². The lowest BCUT2D eigenvalue weighted by molar-refractivity contribution is -0.126. The third-order valence-corrected chi connectivity index (χ3v) is 3.34. The third-order valence-electron chi connectivity index (χ3n) is 3.34. The van der Waals surface area contributed by atoms with Gasteiger partial charge in [-0.05, 0) is 6.42 Å². The van der Waals surface area contributed by atoms with Crippen LogP contribution in [0.1, 0.15) is 45.4 Å². The van der Waals surface area contributed by atoms with Gasteiger partial charge in [0.05, 0.1) is 12.7 Å². The largest absolute Gasteiger partial charge is 0.394 e. The summed E-state index contributed by atoms with van der Waals surface area (Å²) in [4.78, 5) is 11.5. The molecule has 0 bridgehead atoms. The highest BCUT2D eigenvalue weighted by molar-refractivity contribution is 5.75. The van der Waals surface area contributed by atoms with Crippen LogP contribution in [0.3, 0.4) is 0 Å². The molecule has 7 heteroatoms. The van der Waals surface area contributed by atoms with Crippen molar-refractivity contribution in [3.63, 3.8) is 0 Å². The fourth-order valence-corrected chi connectivity index (χ4v) is 1.88. The van der Waals surface area contributed by atoms with E-state index in [1.807, 2.05) is 0 Å². The van der Waals surface area contributed by atoms with Crippen molar-refractivity contribution in [2.45, 2.75) is 69.9 Å². The summed E-state index contributed by atoms with van der Waals surface area (Å²) in [6.45, 7) is 1.17. The van der Waals surface area contributed by atoms with Gasteiger partial charge in [-0.2, -0.15) is 0 Å². The van der Waals surface area contributed by atoms with E-state index in [1.165, 1.54) is 0 Å². The Balaban J connectivity index is 3.85. The maximum atomic E-state index is 11.5. The highest BCUT2D eigenvalue weighted by Crippen LogP contribution is 2.06. The number of hydrogen-bond donors (Lipinski definition) is 6. The molecule has 0 aliphatic heterocycles. The van der Waals surface area contributed by atoms with E-state index < -0.39 is 31.0 Å². The average Bonchev–Trinajstić information content (AvgIpc) is 2.49. The number of unbranched alkanes of at least 4 members (excludes halogenated alkanes) is 4. The number of nitrogens with one attached hydrogen (secondary N) is 1. The predicted octanol–water partition coefficient (Wildman–Crippen LogP) is -1.10. The summed E-state index contributed by atoms with van der Waals surface area (Å²) >= 11 is 0. The molecule has 0 saturated carbocycles. The molecular formula is C14H29NO6. The van der Waals surface area contributed by atoms with E-state index in [0.717, 1.165) is 32.1 Å². The molecule has 0 aromatic heterocycles. The van der Waals surface area contributed by atoms with Crippen LogP contribution >= 0.6 is 0 Å². The van der Waals surface area contributed by atoms with Gasteiger partial charge in [-0.15, -0.1) is 0 Å². The van der Waals surface area contributed by atoms with Crippen LogP contribution < -0.4 is 5.32 Å². The molecule has 0 spiro atoms. The summed E-state index contributed by atoms with van der Waals surface area (Å²) in [5.41, 5.74) is 0. The highest BCUT2D eigenvalue weighted by atomic mass is 16.4. The Bertz CT molecular complexity index is 276. The van der Waals surface area contributed by atoms with Crippen LogP contribution in [0.15, 0.2) is 0 Å². The lowest BCUT2D eigenvalue weighted by Crippen LogP contribution is -2.49. The Morgan fingerprint density at radius 3 is 2.10 bits per heavy atom. The molecule has 4 unspecified atom stereocenters. The summed E-state index contributed by atoms with van der Waals surface area (Å²) in [5, 5.41) is 48.8. The zero-order valence-corrected chi connectivity index (χ0v) is 12.6. The van der Waals surface area contributed by atoms with Crippen LogP contribution in [0.2, 0.25) is 0 Å². The van der Waals surface area contributed by atoms with Crippen molar-refractivity contribution in [3.8, 4) is 0 Å². The topological polar surface area (TPSA) is 130 Å². The number of rotatable bonds is 12. The SMILES string of the molecule is CCCCCCCC(=O)NCC(O)C(O)C(O)C(O)CO. The van der Waals surface area contributed by atoms with E-state index in [2.05, 4.69) is 12.2 Å². The molecule has 0 radical (unpaired) electrons. The first-order chi connectivity index (χ1) is 9.93. The molecule has 0 saturated heterocycles. The van der Waals surface area contributed by atoms with Gasteiger partial charge in [0.2, 0.25) is 5.91 Å². The van der Waals surface area contributed by atoms with Gasteiger partial charge in [0.1, 0.15) is 18.3 Å². The Kier molecular flexibility index (Phi) is 11.5. The molecule has 0 fully saturated rings. The van der Waals surface area contributed by atoms with Crippen molar-refractivity contribution in [1.82, 2.24) is 5.32 Å². The Morgan fingerprint density at radius 1 is 0.952 bits per heavy atom. The fourth-order valence-electron chi connectivity index (χ4n) is 1.88. The summed E-state index contributed by atoms with van der Waals surface area (Å²) < 4.78 is 0. The van der Waals surface area contributed by atoms with Crippen molar-refractivity contribution in [1.29, 1.82) is 0 Å². The van der Waals surface area contributed by atoms with E-state index in [4.69, 9.17) is 10.2 Å². The summed E-state index contributed by atoms with van der Waals surface area (Å²) in [6, 6.07) is 0. The van der Waals surface area contributed by atoms with Crippen LogP contribution in [0.25, 0.3) is 0 Å². The van der Waals surface area contributed by atoms with Crippen molar-refractivity contribution in [2.24, 2.45) is 0 Å². The first kappa shape index (κ1) is 20.3. The molecule has 21 heavy (non-hydrogen) atoms. The van der Waals surface area contributed by atoms with E-state index in [9.17, 15) is 20.1 Å². The minimum Gasteiger partial charge on any atom is -0.394 e. The van der Waals surface area contributed by atoms with Gasteiger partial charge >= 0.3 is 0 Å². The highest BCUT2D eigenvalue weighted by Gasteiger charge is 2.29. The number of aliphatic hydroxyl groups excluding tert-OH is 5. The molecule has 7 nitrogen and oxygen atoms in total. The molecule has 0 aromatic rings. The third kappa shape index (κ3) is 9.00. The zero-order valence-electron chi connectivity index (χ0n) is 12.6. The molecule has 1 amide bonds. The first-order valence-corrected chi connectivity index (χ1v) is 7.53. The fraction of sp³-hybridized carbons (Fsp3) is 0.929. The van der Waals surface area contributed by atoms with Crippen molar-refractivity contribution >= 4 is 5.91 Å². The molecule has 0 heterocycles. The van der Waals surface area contributed by atoms with Gasteiger partial charge in [0.15, 0.2) is 0 Å². The lowest BCUT2D eigenvalue weighted by Gasteiger charge is -2.25. The van der Waals surface area contributed by atoms with Crippen molar-refractivity contribution in [2.75, 3.05) is 13.2 Å². The van der Waals surface area contributed by atoms with Crippen LogP contribution in [-0.4, -0.2) is 69.0 Å². The molecular weight excluding hydrogens is 278 g/mol. The maximum absolute atomic E-state index is 11.5. The lowest BCUT2D eigenvalue weighted by atomic mass is 10.0. The van der Waals surface area contributed by atoms with E-state index in [1.54, 1.807) is 0 Å². The summed E-state index contributed by atoms with van der Waals surface area (Å²) in [5.74, 6) is -0.227. The van der Waals surface area contributed by atoms with Crippen LogP contribution in [-0.2, 0) is 4.79 Å². The van der Waals surface area contributed by atoms with Crippen LogP contribution in [0.5, 0.6) is 0 Å². The van der Waals surface area contributed by atoms with E-state index >= 15 is 0 Å². The Hall–Kier alpha value is -0.730. The average molecular weight is 307 g/mol. The molecule has 0 aromatic carbocycles. The molecule has 0 rings (SSSR count). The number of carbonyl (C=O) groups is 1. The van der Waals surface area contributed by atoms with Gasteiger partial charge in [0, 0.05) is 13.0 Å². The van der Waals surface area contributed by atoms with Crippen molar-refractivity contribution < 1.29 is 30.3 Å². The minimum absolute atomic E-state index is 0.218. The smallest absolute Gasteiger partial charge is 0.220 e. The Labute approximate surface area is 125 Å². The van der Waals surface area contributed by atoms with Gasteiger partial charge in [-0.3, -0.25) is 4.79 Å². The molecule has 126 valence electrons.